The molecule has 42 heavy (non-hydrogen) atoms. The van der Waals surface area contributed by atoms with Gasteiger partial charge >= 0.3 is 7.12 Å². The molecule has 1 fully saturated rings. The first-order chi connectivity index (χ1) is 20.3. The molecule has 0 radical (unpaired) electrons. The first-order valence-electron chi connectivity index (χ1n) is 14.5. The van der Waals surface area contributed by atoms with Crippen LogP contribution in [0, 0.1) is 0 Å². The molecule has 5 aromatic rings. The van der Waals surface area contributed by atoms with Crippen LogP contribution in [0.25, 0.3) is 11.1 Å². The fraction of sp³-hybridized carbons (Fsp3) is 0.189. The van der Waals surface area contributed by atoms with Crippen molar-refractivity contribution in [2.45, 2.75) is 44.3 Å². The van der Waals surface area contributed by atoms with Gasteiger partial charge in [0.05, 0.1) is 16.6 Å². The third-order valence-electron chi connectivity index (χ3n) is 9.47. The van der Waals surface area contributed by atoms with Crippen molar-refractivity contribution in [3.05, 3.63) is 138 Å². The monoisotopic (exact) mass is 550 g/mol. The molecule has 2 heterocycles. The zero-order valence-electron chi connectivity index (χ0n) is 24.2. The van der Waals surface area contributed by atoms with Crippen LogP contribution in [0.4, 0.5) is 0 Å². The number of benzene rings is 5. The van der Waals surface area contributed by atoms with Gasteiger partial charge in [-0.2, -0.15) is 0 Å². The van der Waals surface area contributed by atoms with Crippen molar-refractivity contribution in [3.63, 3.8) is 0 Å². The van der Waals surface area contributed by atoms with Gasteiger partial charge in [0, 0.05) is 5.46 Å². The maximum atomic E-state index is 6.69. The summed E-state index contributed by atoms with van der Waals surface area (Å²) >= 11 is 0. The second-order valence-corrected chi connectivity index (χ2v) is 12.3. The van der Waals surface area contributed by atoms with Crippen molar-refractivity contribution < 1.29 is 18.8 Å². The normalized spacial score (nSPS) is 18.2. The van der Waals surface area contributed by atoms with Crippen LogP contribution in [0.1, 0.15) is 49.9 Å². The predicted molar refractivity (Wildman–Crippen MR) is 166 cm³/mol. The minimum Gasteiger partial charge on any atom is -0.450 e. The number of hydrogen-bond donors (Lipinski definition) is 0. The predicted octanol–water partition coefficient (Wildman–Crippen LogP) is 8.25. The Morgan fingerprint density at radius 3 is 1.76 bits per heavy atom. The first kappa shape index (κ1) is 25.4. The Kier molecular flexibility index (Phi) is 5.35. The summed E-state index contributed by atoms with van der Waals surface area (Å²) in [6.45, 7) is 8.23. The summed E-state index contributed by atoms with van der Waals surface area (Å²) < 4.78 is 26.1. The van der Waals surface area contributed by atoms with Crippen LogP contribution >= 0.6 is 0 Å². The average Bonchev–Trinajstić information content (AvgIpc) is 3.41. The molecule has 1 aliphatic carbocycles. The molecule has 8 rings (SSSR count). The average molecular weight is 550 g/mol. The zero-order valence-corrected chi connectivity index (χ0v) is 24.2. The van der Waals surface area contributed by atoms with E-state index < -0.39 is 23.7 Å². The molecule has 0 saturated carbocycles. The van der Waals surface area contributed by atoms with E-state index in [2.05, 4.69) is 125 Å². The molecule has 0 bridgehead atoms. The minimum atomic E-state index is -0.561. The number of fused-ring (bicyclic) bond motifs is 5. The Labute approximate surface area is 247 Å². The standard InChI is InChI=1S/C37H31BO4/c1-35(2)36(3,4)42-38(41-35)30-20-13-21-31-34(30)40-32-22-27-26-18-11-12-19-28(26)37(24-14-7-5-8-15-24,25-16-9-6-10-17-25)29(27)23-33(32)39-31/h5-23H,1-4H3. The summed E-state index contributed by atoms with van der Waals surface area (Å²) in [6, 6.07) is 40.4. The van der Waals surface area contributed by atoms with Crippen molar-refractivity contribution in [3.8, 4) is 34.1 Å². The third-order valence-corrected chi connectivity index (χ3v) is 9.47. The summed E-state index contributed by atoms with van der Waals surface area (Å²) in [4.78, 5) is 0. The summed E-state index contributed by atoms with van der Waals surface area (Å²) in [6.07, 6.45) is 0. The van der Waals surface area contributed by atoms with Gasteiger partial charge in [-0.3, -0.25) is 0 Å². The van der Waals surface area contributed by atoms with E-state index in [4.69, 9.17) is 18.8 Å². The van der Waals surface area contributed by atoms with E-state index in [0.717, 1.165) is 11.0 Å². The summed E-state index contributed by atoms with van der Waals surface area (Å²) in [5, 5.41) is 0. The Morgan fingerprint density at radius 1 is 0.500 bits per heavy atom. The third kappa shape index (κ3) is 3.44. The lowest BCUT2D eigenvalue weighted by Crippen LogP contribution is -2.41. The quantitative estimate of drug-likeness (QED) is 0.208. The molecule has 5 aromatic carbocycles. The number of rotatable bonds is 3. The van der Waals surface area contributed by atoms with Crippen molar-refractivity contribution in [2.24, 2.45) is 0 Å². The maximum Gasteiger partial charge on any atom is 0.498 e. The fourth-order valence-corrected chi connectivity index (χ4v) is 6.71. The second kappa shape index (κ2) is 8.84. The Balaban J connectivity index is 1.31. The molecule has 2 aliphatic heterocycles. The smallest absolute Gasteiger partial charge is 0.450 e. The molecule has 5 heteroatoms. The van der Waals surface area contributed by atoms with E-state index in [1.54, 1.807) is 0 Å². The van der Waals surface area contributed by atoms with Crippen LogP contribution < -0.4 is 14.9 Å². The molecule has 4 nitrogen and oxygen atoms in total. The highest BCUT2D eigenvalue weighted by Crippen LogP contribution is 2.59. The van der Waals surface area contributed by atoms with Crippen LogP contribution in [0.2, 0.25) is 0 Å². The first-order valence-corrected chi connectivity index (χ1v) is 14.5. The minimum absolute atomic E-state index is 0.462. The summed E-state index contributed by atoms with van der Waals surface area (Å²) in [5.41, 5.74) is 6.56. The molecule has 3 aliphatic rings. The Hall–Kier alpha value is -4.32. The van der Waals surface area contributed by atoms with Gasteiger partial charge in [0.2, 0.25) is 0 Å². The van der Waals surface area contributed by atoms with Crippen molar-refractivity contribution >= 4 is 12.6 Å². The van der Waals surface area contributed by atoms with E-state index in [-0.39, 0.29) is 0 Å². The largest absolute Gasteiger partial charge is 0.498 e. The molecule has 0 atom stereocenters. The van der Waals surface area contributed by atoms with Gasteiger partial charge < -0.3 is 18.8 Å². The SMILES string of the molecule is CC1(C)OB(c2cccc3c2Oc2cc4c(cc2O3)C(c2ccccc2)(c2ccccc2)c2ccccc2-4)OC1(C)C. The highest BCUT2D eigenvalue weighted by molar-refractivity contribution is 6.63. The maximum absolute atomic E-state index is 6.69. The molecule has 1 saturated heterocycles. The number of ether oxygens (including phenoxy) is 2. The van der Waals surface area contributed by atoms with Gasteiger partial charge in [0.1, 0.15) is 0 Å². The molecule has 0 aromatic heterocycles. The van der Waals surface area contributed by atoms with E-state index in [9.17, 15) is 0 Å². The van der Waals surface area contributed by atoms with Crippen LogP contribution in [0.5, 0.6) is 23.0 Å². The molecule has 0 unspecified atom stereocenters. The van der Waals surface area contributed by atoms with Gasteiger partial charge in [-0.15, -0.1) is 0 Å². The fourth-order valence-electron chi connectivity index (χ4n) is 6.71. The molecular weight excluding hydrogens is 519 g/mol. The highest BCUT2D eigenvalue weighted by atomic mass is 16.7. The molecule has 0 spiro atoms. The number of para-hydroxylation sites is 1. The molecular formula is C37H31BO4. The Bertz CT molecular complexity index is 1790. The van der Waals surface area contributed by atoms with E-state index >= 15 is 0 Å². The highest BCUT2D eigenvalue weighted by Gasteiger charge is 2.53. The summed E-state index contributed by atoms with van der Waals surface area (Å²) in [7, 11) is -0.561. The van der Waals surface area contributed by atoms with Crippen molar-refractivity contribution in [2.75, 3.05) is 0 Å². The van der Waals surface area contributed by atoms with Crippen LogP contribution in [-0.4, -0.2) is 18.3 Å². The van der Waals surface area contributed by atoms with E-state index in [0.29, 0.717) is 23.0 Å². The van der Waals surface area contributed by atoms with E-state index in [1.807, 2.05) is 18.2 Å². The lowest BCUT2D eigenvalue weighted by molar-refractivity contribution is 0.00578. The van der Waals surface area contributed by atoms with Crippen LogP contribution in [0.3, 0.4) is 0 Å². The van der Waals surface area contributed by atoms with Gasteiger partial charge in [0.15, 0.2) is 23.0 Å². The topological polar surface area (TPSA) is 36.9 Å². The lowest BCUT2D eigenvalue weighted by Gasteiger charge is -2.34. The molecule has 0 N–H and O–H groups in total. The zero-order chi connectivity index (χ0) is 28.7. The van der Waals surface area contributed by atoms with E-state index in [1.165, 1.54) is 27.8 Å². The van der Waals surface area contributed by atoms with Gasteiger partial charge in [-0.05, 0) is 79.3 Å². The molecule has 206 valence electrons. The van der Waals surface area contributed by atoms with Gasteiger partial charge in [0.25, 0.3) is 0 Å². The molecule has 0 amide bonds. The lowest BCUT2D eigenvalue weighted by atomic mass is 9.67. The van der Waals surface area contributed by atoms with Gasteiger partial charge in [-0.25, -0.2) is 0 Å². The van der Waals surface area contributed by atoms with Gasteiger partial charge in [-0.1, -0.05) is 97.1 Å². The Morgan fingerprint density at radius 2 is 1.10 bits per heavy atom. The second-order valence-electron chi connectivity index (χ2n) is 12.3. The van der Waals surface area contributed by atoms with Crippen LogP contribution in [0.15, 0.2) is 115 Å². The number of hydrogen-bond acceptors (Lipinski definition) is 4. The van der Waals surface area contributed by atoms with Crippen molar-refractivity contribution in [1.29, 1.82) is 0 Å². The summed E-state index contributed by atoms with van der Waals surface area (Å²) in [5.74, 6) is 2.65. The van der Waals surface area contributed by atoms with Crippen LogP contribution in [-0.2, 0) is 14.7 Å². The van der Waals surface area contributed by atoms with Crippen molar-refractivity contribution in [1.82, 2.24) is 0 Å².